The van der Waals surface area contributed by atoms with Gasteiger partial charge in [0.05, 0.1) is 23.5 Å². The lowest BCUT2D eigenvalue weighted by Crippen LogP contribution is -2.46. The summed E-state index contributed by atoms with van der Waals surface area (Å²) in [5.41, 5.74) is -0.200. The lowest BCUT2D eigenvalue weighted by Gasteiger charge is -2.31. The highest BCUT2D eigenvalue weighted by atomic mass is 16.4. The highest BCUT2D eigenvalue weighted by Crippen LogP contribution is 2.23. The molecule has 1 atom stereocenters. The zero-order valence-electron chi connectivity index (χ0n) is 8.87. The molecule has 0 aromatic heterocycles. The van der Waals surface area contributed by atoms with E-state index in [-0.39, 0.29) is 12.0 Å². The maximum atomic E-state index is 10.6. The number of hydrogen-bond acceptors (Lipinski definition) is 2. The van der Waals surface area contributed by atoms with Gasteiger partial charge in [-0.05, 0) is 38.3 Å². The van der Waals surface area contributed by atoms with E-state index in [2.05, 4.69) is 5.32 Å². The van der Waals surface area contributed by atoms with Crippen molar-refractivity contribution in [3.05, 3.63) is 0 Å². The Balaban J connectivity index is 4.19. The molecule has 0 saturated heterocycles. The third-order valence-electron chi connectivity index (χ3n) is 1.57. The molecule has 1 unspecified atom stereocenters. The van der Waals surface area contributed by atoms with E-state index >= 15 is 0 Å². The Hall–Kier alpha value is -0.375. The van der Waals surface area contributed by atoms with Crippen LogP contribution < -0.4 is 5.32 Å². The molecule has 14 heavy (non-hydrogen) atoms. The Morgan fingerprint density at radius 1 is 1.43 bits per heavy atom. The van der Waals surface area contributed by atoms with Crippen LogP contribution in [-0.2, 0) is 4.79 Å². The van der Waals surface area contributed by atoms with E-state index in [0.717, 1.165) is 0 Å². The fraction of sp³-hybridized carbons (Fsp3) is 0.875. The molecule has 0 amide bonds. The Morgan fingerprint density at radius 2 is 1.86 bits per heavy atom. The number of aliphatic carboxylic acids is 1. The molecule has 2 N–H and O–H groups in total. The Labute approximate surface area is 89.3 Å². The maximum Gasteiger partial charge on any atom is 0.292 e. The van der Waals surface area contributed by atoms with Gasteiger partial charge in [-0.15, -0.1) is 0 Å². The van der Waals surface area contributed by atoms with E-state index in [1.54, 1.807) is 0 Å². The van der Waals surface area contributed by atoms with Gasteiger partial charge < -0.3 is 10.4 Å². The van der Waals surface area contributed by atoms with Crippen molar-refractivity contribution in [2.45, 2.75) is 43.9 Å². The fourth-order valence-corrected chi connectivity index (χ4v) is 1.06. The van der Waals surface area contributed by atoms with Gasteiger partial charge in [0.25, 0.3) is 5.97 Å². The van der Waals surface area contributed by atoms with Gasteiger partial charge in [-0.1, -0.05) is 0 Å². The Morgan fingerprint density at radius 3 is 2.14 bits per heavy atom. The molecule has 0 aliphatic rings. The Bertz CT molecular complexity index is 213. The molecule has 0 heterocycles. The van der Waals surface area contributed by atoms with Crippen LogP contribution in [0, 0.1) is 0 Å². The third kappa shape index (κ3) is 5.38. The first kappa shape index (κ1) is 13.6. The standard InChI is InChI=1S/C8H14B3NO2/c1-7(2,3)12-5(9)4-8(10,11)6(13)14/h5,12H,4H2,1-3H3,(H,13,14). The number of carboxylic acid groups (broad SMARTS) is 1. The molecule has 3 nitrogen and oxygen atoms in total. The van der Waals surface area contributed by atoms with Gasteiger partial charge in [0.1, 0.15) is 0 Å². The van der Waals surface area contributed by atoms with Crippen molar-refractivity contribution in [2.24, 2.45) is 0 Å². The first-order chi connectivity index (χ1) is 6.04. The van der Waals surface area contributed by atoms with Gasteiger partial charge in [0, 0.05) is 5.54 Å². The summed E-state index contributed by atoms with van der Waals surface area (Å²) in [7, 11) is 16.3. The summed E-state index contributed by atoms with van der Waals surface area (Å²) in [4.78, 5) is 10.6. The SMILES string of the molecule is [B]C(CC([B])([B])C(=O)O)NC(C)(C)C. The minimum atomic E-state index is -1.78. The summed E-state index contributed by atoms with van der Waals surface area (Å²) in [5.74, 6) is -1.80. The molecular weight excluding hydrogens is 175 g/mol. The quantitative estimate of drug-likeness (QED) is 0.601. The number of rotatable bonds is 4. The average Bonchev–Trinajstić information content (AvgIpc) is 1.79. The van der Waals surface area contributed by atoms with Gasteiger partial charge in [-0.3, -0.25) is 4.79 Å². The van der Waals surface area contributed by atoms with E-state index in [1.807, 2.05) is 20.8 Å². The summed E-state index contributed by atoms with van der Waals surface area (Å²) >= 11 is 0. The summed E-state index contributed by atoms with van der Waals surface area (Å²) < 4.78 is 0. The van der Waals surface area contributed by atoms with Crippen LogP contribution in [0.2, 0.25) is 5.21 Å². The fourth-order valence-electron chi connectivity index (χ4n) is 1.06. The molecule has 0 spiro atoms. The molecule has 0 aromatic carbocycles. The van der Waals surface area contributed by atoms with Crippen LogP contribution in [0.15, 0.2) is 0 Å². The summed E-state index contributed by atoms with van der Waals surface area (Å²) in [6.45, 7) is 5.76. The van der Waals surface area contributed by atoms with E-state index in [1.165, 1.54) is 0 Å². The second kappa shape index (κ2) is 4.43. The topological polar surface area (TPSA) is 49.3 Å². The smallest absolute Gasteiger partial charge is 0.292 e. The molecule has 0 fully saturated rings. The maximum absolute atomic E-state index is 10.6. The number of hydrogen-bond donors (Lipinski definition) is 2. The molecule has 0 bridgehead atoms. The number of carboxylic acids is 1. The van der Waals surface area contributed by atoms with E-state index in [0.29, 0.717) is 0 Å². The zero-order valence-corrected chi connectivity index (χ0v) is 8.87. The molecule has 6 radical (unpaired) electrons. The minimum Gasteiger partial charge on any atom is -0.482 e. The van der Waals surface area contributed by atoms with Crippen molar-refractivity contribution >= 4 is 29.5 Å². The van der Waals surface area contributed by atoms with Gasteiger partial charge in [-0.2, -0.15) is 0 Å². The number of carbonyl (C=O) groups is 1. The van der Waals surface area contributed by atoms with Crippen LogP contribution >= 0.6 is 0 Å². The van der Waals surface area contributed by atoms with Crippen LogP contribution in [0.3, 0.4) is 0 Å². The molecule has 0 aliphatic carbocycles. The number of nitrogens with one attached hydrogen (secondary N) is 1. The molecule has 0 aliphatic heterocycles. The van der Waals surface area contributed by atoms with Crippen LogP contribution in [-0.4, -0.2) is 46.1 Å². The van der Waals surface area contributed by atoms with Crippen LogP contribution in [0.4, 0.5) is 0 Å². The second-order valence-electron chi connectivity index (χ2n) is 4.55. The summed E-state index contributed by atoms with van der Waals surface area (Å²) in [5, 5.41) is 9.86. The van der Waals surface area contributed by atoms with Gasteiger partial charge in [-0.25, -0.2) is 0 Å². The lowest BCUT2D eigenvalue weighted by atomic mass is 9.50. The molecule has 0 aromatic rings. The highest BCUT2D eigenvalue weighted by Gasteiger charge is 2.28. The van der Waals surface area contributed by atoms with Gasteiger partial charge in [0.15, 0.2) is 0 Å². The van der Waals surface area contributed by atoms with Crippen molar-refractivity contribution in [1.82, 2.24) is 5.32 Å². The second-order valence-corrected chi connectivity index (χ2v) is 4.55. The molecule has 72 valence electrons. The monoisotopic (exact) mass is 189 g/mol. The molecule has 0 saturated carbocycles. The predicted octanol–water partition coefficient (Wildman–Crippen LogP) is -0.203. The first-order valence-corrected chi connectivity index (χ1v) is 4.39. The normalized spacial score (nSPS) is 15.1. The minimum absolute atomic E-state index is 0.0282. The van der Waals surface area contributed by atoms with Gasteiger partial charge in [0.2, 0.25) is 0 Å². The lowest BCUT2D eigenvalue weighted by molar-refractivity contribution is -0.138. The summed E-state index contributed by atoms with van der Waals surface area (Å²) in [6.07, 6.45) is -0.0282. The van der Waals surface area contributed by atoms with Crippen LogP contribution in [0.25, 0.3) is 0 Å². The van der Waals surface area contributed by atoms with E-state index in [4.69, 9.17) is 28.6 Å². The van der Waals surface area contributed by atoms with E-state index < -0.39 is 17.1 Å². The van der Waals surface area contributed by atoms with Crippen molar-refractivity contribution in [3.8, 4) is 0 Å². The van der Waals surface area contributed by atoms with Crippen LogP contribution in [0.1, 0.15) is 27.2 Å². The molecule has 0 rings (SSSR count). The zero-order chi connectivity index (χ0) is 11.6. The van der Waals surface area contributed by atoms with Gasteiger partial charge >= 0.3 is 0 Å². The van der Waals surface area contributed by atoms with Crippen molar-refractivity contribution in [1.29, 1.82) is 0 Å². The third-order valence-corrected chi connectivity index (χ3v) is 1.57. The predicted molar refractivity (Wildman–Crippen MR) is 58.9 cm³/mol. The highest BCUT2D eigenvalue weighted by molar-refractivity contribution is 6.50. The molecule has 6 heteroatoms. The summed E-state index contributed by atoms with van der Waals surface area (Å²) in [6, 6.07) is 0. The average molecular weight is 189 g/mol. The van der Waals surface area contributed by atoms with Crippen molar-refractivity contribution in [2.75, 3.05) is 0 Å². The largest absolute Gasteiger partial charge is 0.482 e. The molecular formula is C8H14B3NO2. The van der Waals surface area contributed by atoms with Crippen LogP contribution in [0.5, 0.6) is 0 Å². The van der Waals surface area contributed by atoms with Crippen molar-refractivity contribution < 1.29 is 9.90 Å². The van der Waals surface area contributed by atoms with Crippen molar-refractivity contribution in [3.63, 3.8) is 0 Å². The van der Waals surface area contributed by atoms with E-state index in [9.17, 15) is 4.79 Å². The first-order valence-electron chi connectivity index (χ1n) is 4.39. The Kier molecular flexibility index (Phi) is 4.31.